The van der Waals surface area contributed by atoms with E-state index in [1.54, 1.807) is 6.21 Å². The summed E-state index contributed by atoms with van der Waals surface area (Å²) in [6, 6.07) is 7.98. The van der Waals surface area contributed by atoms with Gasteiger partial charge in [-0.2, -0.15) is 10.1 Å². The summed E-state index contributed by atoms with van der Waals surface area (Å²) in [6.45, 7) is 1.98. The number of nitrogens with one attached hydrogen (secondary N) is 1. The van der Waals surface area contributed by atoms with E-state index in [0.717, 1.165) is 40.0 Å². The van der Waals surface area contributed by atoms with Gasteiger partial charge in [0.1, 0.15) is 0 Å². The van der Waals surface area contributed by atoms with Crippen molar-refractivity contribution in [3.05, 3.63) is 47.7 Å². The normalized spacial score (nSPS) is 33.3. The molecule has 5 nitrogen and oxygen atoms in total. The lowest BCUT2D eigenvalue weighted by Crippen LogP contribution is -2.30. The van der Waals surface area contributed by atoms with E-state index >= 15 is 0 Å². The summed E-state index contributed by atoms with van der Waals surface area (Å²) >= 11 is 0. The number of para-hydroxylation sites is 1. The number of aromatic nitrogens is 1. The van der Waals surface area contributed by atoms with Gasteiger partial charge in [-0.05, 0) is 43.1 Å². The molecule has 3 aliphatic carbocycles. The second kappa shape index (κ2) is 4.53. The van der Waals surface area contributed by atoms with Crippen LogP contribution in [0.3, 0.4) is 0 Å². The highest BCUT2D eigenvalue weighted by Crippen LogP contribution is 2.73. The lowest BCUT2D eigenvalue weighted by atomic mass is 9.85. The predicted molar refractivity (Wildman–Crippen MR) is 97.2 cm³/mol. The molecule has 26 heavy (non-hydrogen) atoms. The molecule has 2 heterocycles. The summed E-state index contributed by atoms with van der Waals surface area (Å²) in [6.07, 6.45) is 8.33. The molecular weight excluding hydrogens is 326 g/mol. The van der Waals surface area contributed by atoms with Crippen molar-refractivity contribution in [1.29, 1.82) is 0 Å². The van der Waals surface area contributed by atoms with E-state index in [2.05, 4.69) is 22.2 Å². The second-order valence-electron chi connectivity index (χ2n) is 8.16. The van der Waals surface area contributed by atoms with Crippen LogP contribution in [0.25, 0.3) is 10.9 Å². The molecule has 0 radical (unpaired) electrons. The maximum absolute atomic E-state index is 13.0. The molecule has 3 fully saturated rings. The van der Waals surface area contributed by atoms with E-state index in [1.807, 2.05) is 31.2 Å². The maximum Gasteiger partial charge on any atom is 0.254 e. The third-order valence-corrected chi connectivity index (χ3v) is 7.08. The standard InChI is InChI=1S/C21H19N3O2/c1-11-13(12-4-2-3-5-16(12)23-11)10-22-24-19(25)17-14-6-7-15(18(17)20(24)26)21(14)8-9-21/h2-7,10,14-15,17-18,23H,8-9H2,1H3/b22-10+/t14-,15+,17+,18-. The first kappa shape index (κ1) is 14.5. The molecule has 2 amide bonds. The Morgan fingerprint density at radius 1 is 1.12 bits per heavy atom. The molecule has 4 aliphatic rings. The topological polar surface area (TPSA) is 65.5 Å². The molecule has 0 unspecified atom stereocenters. The summed E-state index contributed by atoms with van der Waals surface area (Å²) in [7, 11) is 0. The number of aromatic amines is 1. The number of benzene rings is 1. The van der Waals surface area contributed by atoms with Crippen LogP contribution in [0.5, 0.6) is 0 Å². The Kier molecular flexibility index (Phi) is 2.52. The van der Waals surface area contributed by atoms with Crippen LogP contribution in [-0.4, -0.2) is 28.0 Å². The fraction of sp³-hybridized carbons (Fsp3) is 0.381. The Balaban J connectivity index is 1.36. The number of allylic oxidation sites excluding steroid dienone is 2. The number of carbonyl (C=O) groups is 2. The Morgan fingerprint density at radius 3 is 2.42 bits per heavy atom. The SMILES string of the molecule is Cc1[nH]c2ccccc2c1/C=N/N1C(=O)[C@@H]2[C@H](C1=O)[C@@H]1C=C[C@H]2C12CC2. The van der Waals surface area contributed by atoms with Crippen molar-refractivity contribution in [3.63, 3.8) is 0 Å². The van der Waals surface area contributed by atoms with E-state index < -0.39 is 0 Å². The minimum atomic E-state index is -0.193. The molecule has 2 aromatic rings. The fourth-order valence-electron chi connectivity index (χ4n) is 5.76. The summed E-state index contributed by atoms with van der Waals surface area (Å²) in [5.74, 6) is -0.135. The fourth-order valence-corrected chi connectivity index (χ4v) is 5.76. The number of hydrazone groups is 1. The number of imide groups is 1. The van der Waals surface area contributed by atoms with Crippen molar-refractivity contribution in [2.45, 2.75) is 19.8 Å². The monoisotopic (exact) mass is 345 g/mol. The number of rotatable bonds is 2. The third-order valence-electron chi connectivity index (χ3n) is 7.08. The Bertz CT molecular complexity index is 1010. The van der Waals surface area contributed by atoms with Crippen molar-refractivity contribution < 1.29 is 9.59 Å². The quantitative estimate of drug-likeness (QED) is 0.516. The van der Waals surface area contributed by atoms with Gasteiger partial charge in [-0.25, -0.2) is 0 Å². The van der Waals surface area contributed by atoms with Gasteiger partial charge in [0, 0.05) is 22.2 Å². The zero-order chi connectivity index (χ0) is 17.6. The lowest BCUT2D eigenvalue weighted by Gasteiger charge is -2.18. The van der Waals surface area contributed by atoms with Crippen LogP contribution in [-0.2, 0) is 9.59 Å². The molecule has 6 rings (SSSR count). The van der Waals surface area contributed by atoms with Crippen molar-refractivity contribution in [1.82, 2.24) is 9.99 Å². The van der Waals surface area contributed by atoms with Gasteiger partial charge in [-0.3, -0.25) is 9.59 Å². The highest BCUT2D eigenvalue weighted by molar-refractivity contribution is 6.08. The summed E-state index contributed by atoms with van der Waals surface area (Å²) < 4.78 is 0. The van der Waals surface area contributed by atoms with Gasteiger partial charge in [0.05, 0.1) is 18.1 Å². The van der Waals surface area contributed by atoms with Gasteiger partial charge in [0.25, 0.3) is 11.8 Å². The molecule has 130 valence electrons. The van der Waals surface area contributed by atoms with Gasteiger partial charge in [0.2, 0.25) is 0 Å². The number of carbonyl (C=O) groups excluding carboxylic acids is 2. The molecule has 1 spiro atoms. The highest BCUT2D eigenvalue weighted by atomic mass is 16.2. The van der Waals surface area contributed by atoms with Crippen LogP contribution in [0.15, 0.2) is 41.5 Å². The molecular formula is C21H19N3O2. The predicted octanol–water partition coefficient (Wildman–Crippen LogP) is 3.01. The number of fused-ring (bicyclic) bond motifs is 4. The first-order chi connectivity index (χ1) is 12.6. The lowest BCUT2D eigenvalue weighted by molar-refractivity contribution is -0.141. The molecule has 1 aromatic carbocycles. The highest BCUT2D eigenvalue weighted by Gasteiger charge is 2.73. The molecule has 5 heteroatoms. The average Bonchev–Trinajstić information content (AvgIpc) is 3.10. The van der Waals surface area contributed by atoms with E-state index in [-0.39, 0.29) is 40.9 Å². The van der Waals surface area contributed by atoms with Crippen LogP contribution in [0.2, 0.25) is 0 Å². The van der Waals surface area contributed by atoms with Crippen LogP contribution in [0.1, 0.15) is 24.1 Å². The van der Waals surface area contributed by atoms with Gasteiger partial charge in [-0.15, -0.1) is 0 Å². The molecule has 1 aliphatic heterocycles. The molecule has 1 saturated heterocycles. The maximum atomic E-state index is 13.0. The third kappa shape index (κ3) is 1.55. The molecule has 1 N–H and O–H groups in total. The van der Waals surface area contributed by atoms with Crippen LogP contribution in [0.4, 0.5) is 0 Å². The molecule has 2 bridgehead atoms. The minimum Gasteiger partial charge on any atom is -0.358 e. The number of nitrogens with zero attached hydrogens (tertiary/aromatic N) is 2. The smallest absolute Gasteiger partial charge is 0.254 e. The van der Waals surface area contributed by atoms with Gasteiger partial charge in [-0.1, -0.05) is 30.4 Å². The van der Waals surface area contributed by atoms with Gasteiger partial charge >= 0.3 is 0 Å². The molecule has 4 atom stereocenters. The zero-order valence-electron chi connectivity index (χ0n) is 14.5. The van der Waals surface area contributed by atoms with Crippen molar-refractivity contribution in [2.24, 2.45) is 34.2 Å². The molecule has 2 saturated carbocycles. The number of hydrogen-bond acceptors (Lipinski definition) is 3. The van der Waals surface area contributed by atoms with Crippen LogP contribution in [0, 0.1) is 36.0 Å². The number of aryl methyl sites for hydroxylation is 1. The Hall–Kier alpha value is -2.69. The van der Waals surface area contributed by atoms with Crippen molar-refractivity contribution >= 4 is 28.9 Å². The summed E-state index contributed by atoms with van der Waals surface area (Å²) in [5.41, 5.74) is 3.16. The molecule has 1 aromatic heterocycles. The Morgan fingerprint density at radius 2 is 1.77 bits per heavy atom. The van der Waals surface area contributed by atoms with Crippen molar-refractivity contribution in [3.8, 4) is 0 Å². The second-order valence-corrected chi connectivity index (χ2v) is 8.16. The number of hydrogen-bond donors (Lipinski definition) is 1. The van der Waals surface area contributed by atoms with E-state index in [1.165, 1.54) is 0 Å². The minimum absolute atomic E-state index is 0.114. The summed E-state index contributed by atoms with van der Waals surface area (Å²) in [4.78, 5) is 29.2. The van der Waals surface area contributed by atoms with E-state index in [9.17, 15) is 9.59 Å². The zero-order valence-corrected chi connectivity index (χ0v) is 14.5. The van der Waals surface area contributed by atoms with Crippen LogP contribution < -0.4 is 0 Å². The van der Waals surface area contributed by atoms with E-state index in [0.29, 0.717) is 0 Å². The van der Waals surface area contributed by atoms with E-state index in [4.69, 9.17) is 0 Å². The number of amides is 2. The number of H-pyrrole nitrogens is 1. The Labute approximate surface area is 150 Å². The average molecular weight is 345 g/mol. The van der Waals surface area contributed by atoms with Gasteiger partial charge < -0.3 is 4.98 Å². The van der Waals surface area contributed by atoms with Gasteiger partial charge in [0.15, 0.2) is 0 Å². The van der Waals surface area contributed by atoms with Crippen molar-refractivity contribution in [2.75, 3.05) is 0 Å². The largest absolute Gasteiger partial charge is 0.358 e. The van der Waals surface area contributed by atoms with Crippen LogP contribution >= 0.6 is 0 Å². The first-order valence-corrected chi connectivity index (χ1v) is 9.29. The summed E-state index contributed by atoms with van der Waals surface area (Å²) in [5, 5.41) is 6.53. The first-order valence-electron chi connectivity index (χ1n) is 9.29.